The summed E-state index contributed by atoms with van der Waals surface area (Å²) >= 11 is 0. The summed E-state index contributed by atoms with van der Waals surface area (Å²) in [5.41, 5.74) is 0. The highest BCUT2D eigenvalue weighted by Gasteiger charge is 2.43. The summed E-state index contributed by atoms with van der Waals surface area (Å²) in [6.07, 6.45) is 17.3. The van der Waals surface area contributed by atoms with Crippen molar-refractivity contribution in [3.8, 4) is 0 Å². The summed E-state index contributed by atoms with van der Waals surface area (Å²) in [6.45, 7) is 1.71. The Labute approximate surface area is 171 Å². The van der Waals surface area contributed by atoms with Crippen molar-refractivity contribution >= 4 is 11.8 Å². The Morgan fingerprint density at radius 3 is 1.36 bits per heavy atom. The maximum absolute atomic E-state index is 12.3. The molecule has 0 radical (unpaired) electrons. The molecule has 4 fully saturated rings. The monoisotopic (exact) mass is 388 g/mol. The number of rotatable bonds is 11. The Morgan fingerprint density at radius 2 is 1.00 bits per heavy atom. The van der Waals surface area contributed by atoms with Crippen molar-refractivity contribution in [2.45, 2.75) is 89.9 Å². The molecule has 28 heavy (non-hydrogen) atoms. The van der Waals surface area contributed by atoms with Crippen LogP contribution in [0, 0.1) is 35.5 Å². The highest BCUT2D eigenvalue weighted by molar-refractivity contribution is 5.79. The highest BCUT2D eigenvalue weighted by Crippen LogP contribution is 2.49. The molecule has 6 atom stereocenters. The van der Waals surface area contributed by atoms with Crippen molar-refractivity contribution in [2.24, 2.45) is 35.5 Å². The summed E-state index contributed by atoms with van der Waals surface area (Å²) in [7, 11) is 0. The van der Waals surface area contributed by atoms with Gasteiger partial charge in [0.05, 0.1) is 0 Å². The van der Waals surface area contributed by atoms with E-state index in [2.05, 4.69) is 10.6 Å². The van der Waals surface area contributed by atoms with E-state index in [0.29, 0.717) is 35.5 Å². The lowest BCUT2D eigenvalue weighted by molar-refractivity contribution is -0.127. The van der Waals surface area contributed by atoms with Crippen LogP contribution in [0.1, 0.15) is 89.9 Å². The van der Waals surface area contributed by atoms with Gasteiger partial charge in [-0.25, -0.2) is 0 Å². The van der Waals surface area contributed by atoms with E-state index in [1.54, 1.807) is 0 Å². The third kappa shape index (κ3) is 4.91. The number of hydrogen-bond donors (Lipinski definition) is 2. The Morgan fingerprint density at radius 1 is 0.571 bits per heavy atom. The van der Waals surface area contributed by atoms with Crippen molar-refractivity contribution in [3.05, 3.63) is 0 Å². The van der Waals surface area contributed by atoms with Crippen LogP contribution in [0.5, 0.6) is 0 Å². The molecule has 4 bridgehead atoms. The number of nitrogens with one attached hydrogen (secondary N) is 2. The van der Waals surface area contributed by atoms with Gasteiger partial charge in [0.2, 0.25) is 11.8 Å². The quantitative estimate of drug-likeness (QED) is 0.514. The van der Waals surface area contributed by atoms with E-state index in [1.807, 2.05) is 0 Å². The smallest absolute Gasteiger partial charge is 0.223 e. The van der Waals surface area contributed by atoms with Gasteiger partial charge in [0, 0.05) is 24.9 Å². The van der Waals surface area contributed by atoms with E-state index in [9.17, 15) is 9.59 Å². The second-order valence-corrected chi connectivity index (χ2v) is 10.3. The molecule has 2 amide bonds. The predicted molar refractivity (Wildman–Crippen MR) is 112 cm³/mol. The average Bonchev–Trinajstić information content (AvgIpc) is 3.49. The molecular weight excluding hydrogens is 348 g/mol. The van der Waals surface area contributed by atoms with Crippen LogP contribution in [-0.4, -0.2) is 24.9 Å². The minimum atomic E-state index is 0.327. The van der Waals surface area contributed by atoms with Crippen LogP contribution >= 0.6 is 0 Å². The average molecular weight is 389 g/mol. The van der Waals surface area contributed by atoms with Crippen LogP contribution in [0.25, 0.3) is 0 Å². The van der Waals surface area contributed by atoms with Gasteiger partial charge >= 0.3 is 0 Å². The van der Waals surface area contributed by atoms with Crippen molar-refractivity contribution in [1.82, 2.24) is 10.6 Å². The predicted octanol–water partition coefficient (Wildman–Crippen LogP) is 4.43. The first-order valence-electron chi connectivity index (χ1n) is 12.3. The Balaban J connectivity index is 0.946. The van der Waals surface area contributed by atoms with Crippen molar-refractivity contribution in [3.63, 3.8) is 0 Å². The molecule has 0 saturated heterocycles. The van der Waals surface area contributed by atoms with Crippen molar-refractivity contribution < 1.29 is 9.59 Å². The van der Waals surface area contributed by atoms with E-state index in [-0.39, 0.29) is 0 Å². The molecule has 2 N–H and O–H groups in total. The Bertz CT molecular complexity index is 501. The fraction of sp³-hybridized carbons (Fsp3) is 0.917. The van der Waals surface area contributed by atoms with E-state index in [4.69, 9.17) is 0 Å². The van der Waals surface area contributed by atoms with Crippen LogP contribution in [0.2, 0.25) is 0 Å². The molecule has 4 aliphatic rings. The molecule has 4 aliphatic carbocycles. The largest absolute Gasteiger partial charge is 0.356 e. The molecule has 0 heterocycles. The normalized spacial score (nSPS) is 35.4. The second-order valence-electron chi connectivity index (χ2n) is 10.3. The van der Waals surface area contributed by atoms with Crippen LogP contribution in [0.3, 0.4) is 0 Å². The van der Waals surface area contributed by atoms with Crippen LogP contribution in [0.15, 0.2) is 0 Å². The van der Waals surface area contributed by atoms with Crippen LogP contribution in [-0.2, 0) is 9.59 Å². The zero-order valence-corrected chi connectivity index (χ0v) is 17.6. The molecule has 4 heteroatoms. The first-order valence-corrected chi connectivity index (χ1v) is 12.3. The maximum Gasteiger partial charge on any atom is 0.223 e. The van der Waals surface area contributed by atoms with Gasteiger partial charge in [-0.1, -0.05) is 38.5 Å². The van der Waals surface area contributed by atoms with E-state index >= 15 is 0 Å². The summed E-state index contributed by atoms with van der Waals surface area (Å²) in [6, 6.07) is 0. The molecule has 0 unspecified atom stereocenters. The van der Waals surface area contributed by atoms with Gasteiger partial charge in [-0.05, 0) is 75.0 Å². The first-order chi connectivity index (χ1) is 13.7. The third-order valence-electron chi connectivity index (χ3n) is 8.35. The van der Waals surface area contributed by atoms with Crippen molar-refractivity contribution in [2.75, 3.05) is 13.1 Å². The topological polar surface area (TPSA) is 58.2 Å². The van der Waals surface area contributed by atoms with Crippen molar-refractivity contribution in [1.29, 1.82) is 0 Å². The molecule has 0 aromatic rings. The molecule has 0 aromatic carbocycles. The summed E-state index contributed by atoms with van der Waals surface area (Å²) in [5.74, 6) is 4.39. The molecule has 4 saturated carbocycles. The number of carbonyl (C=O) groups excluding carboxylic acids is 2. The first kappa shape index (κ1) is 20.2. The standard InChI is InChI=1S/C24H40N2O2/c27-23(21-15-17-7-9-19(21)13-17)25-11-5-3-1-2-4-6-12-26-24(28)22-16-18-8-10-20(22)14-18/h17-22H,1-16H2,(H,25,27)(H,26,28)/t17-,18-,19-,20-,21-,22-/m1/s1. The molecule has 4 rings (SSSR count). The summed E-state index contributed by atoms with van der Waals surface area (Å²) < 4.78 is 0. The van der Waals surface area contributed by atoms with Gasteiger partial charge in [0.25, 0.3) is 0 Å². The second kappa shape index (κ2) is 9.63. The zero-order chi connectivity index (χ0) is 19.3. The van der Waals surface area contributed by atoms with Gasteiger partial charge in [0.1, 0.15) is 0 Å². The number of hydrogen-bond acceptors (Lipinski definition) is 2. The number of carbonyl (C=O) groups is 2. The molecule has 158 valence electrons. The lowest BCUT2D eigenvalue weighted by atomic mass is 9.88. The molecule has 0 aromatic heterocycles. The molecule has 0 aliphatic heterocycles. The molecule has 0 spiro atoms. The zero-order valence-electron chi connectivity index (χ0n) is 17.6. The SMILES string of the molecule is O=C(NCCCCCCCCNC(=O)[C@@H]1C[C@@H]2CC[C@@H]1C2)[C@@H]1C[C@@H]2CC[C@@H]1C2. The number of unbranched alkanes of at least 4 members (excludes halogenated alkanes) is 5. The lowest BCUT2D eigenvalue weighted by Crippen LogP contribution is -2.34. The lowest BCUT2D eigenvalue weighted by Gasteiger charge is -2.20. The third-order valence-corrected chi connectivity index (χ3v) is 8.35. The van der Waals surface area contributed by atoms with E-state index < -0.39 is 0 Å². The van der Waals surface area contributed by atoms with Gasteiger partial charge in [-0.15, -0.1) is 0 Å². The number of fused-ring (bicyclic) bond motifs is 4. The van der Waals surface area contributed by atoms with Gasteiger partial charge in [0.15, 0.2) is 0 Å². The summed E-state index contributed by atoms with van der Waals surface area (Å²) in [5, 5.41) is 6.37. The molecular formula is C24H40N2O2. The maximum atomic E-state index is 12.3. The van der Waals surface area contributed by atoms with Crippen LogP contribution in [0.4, 0.5) is 0 Å². The summed E-state index contributed by atoms with van der Waals surface area (Å²) in [4.78, 5) is 24.6. The Hall–Kier alpha value is -1.06. The highest BCUT2D eigenvalue weighted by atomic mass is 16.2. The minimum Gasteiger partial charge on any atom is -0.356 e. The fourth-order valence-electron chi connectivity index (χ4n) is 6.77. The van der Waals surface area contributed by atoms with Gasteiger partial charge < -0.3 is 10.6 Å². The number of amides is 2. The van der Waals surface area contributed by atoms with E-state index in [1.165, 1.54) is 64.2 Å². The minimum absolute atomic E-state index is 0.327. The van der Waals surface area contributed by atoms with Gasteiger partial charge in [-0.2, -0.15) is 0 Å². The van der Waals surface area contributed by atoms with E-state index in [0.717, 1.165) is 50.6 Å². The fourth-order valence-corrected chi connectivity index (χ4v) is 6.77. The van der Waals surface area contributed by atoms with Crippen LogP contribution < -0.4 is 10.6 Å². The molecule has 4 nitrogen and oxygen atoms in total. The van der Waals surface area contributed by atoms with Gasteiger partial charge in [-0.3, -0.25) is 9.59 Å². The Kier molecular flexibility index (Phi) is 6.95.